The number of hydrogen-bond acceptors (Lipinski definition) is 4. The van der Waals surface area contributed by atoms with E-state index >= 15 is 0 Å². The number of ether oxygens (including phenoxy) is 2. The van der Waals surface area contributed by atoms with Crippen molar-refractivity contribution in [1.29, 1.82) is 0 Å². The molecule has 1 aromatic heterocycles. The minimum Gasteiger partial charge on any atom is -0.491 e. The van der Waals surface area contributed by atoms with Gasteiger partial charge in [0, 0.05) is 6.20 Å². The van der Waals surface area contributed by atoms with Crippen LogP contribution in [0, 0.1) is 5.92 Å². The summed E-state index contributed by atoms with van der Waals surface area (Å²) in [6.07, 6.45) is 3.28. The van der Waals surface area contributed by atoms with Gasteiger partial charge in [0.25, 0.3) is 0 Å². The maximum absolute atomic E-state index is 11.2. The van der Waals surface area contributed by atoms with Gasteiger partial charge >= 0.3 is 5.97 Å². The number of hydrogen-bond donors (Lipinski definition) is 0. The molecular weight excluding hydrogens is 194 g/mol. The Morgan fingerprint density at radius 3 is 3.00 bits per heavy atom. The van der Waals surface area contributed by atoms with Crippen molar-refractivity contribution in [2.24, 2.45) is 5.92 Å². The van der Waals surface area contributed by atoms with Crippen LogP contribution in [0.4, 0.5) is 0 Å². The quantitative estimate of drug-likeness (QED) is 0.692. The van der Waals surface area contributed by atoms with E-state index in [0.717, 1.165) is 0 Å². The van der Waals surface area contributed by atoms with Gasteiger partial charge in [0.15, 0.2) is 0 Å². The van der Waals surface area contributed by atoms with E-state index in [1.54, 1.807) is 38.4 Å². The first-order valence-electron chi connectivity index (χ1n) is 4.93. The number of aromatic nitrogens is 1. The molecule has 0 radical (unpaired) electrons. The first-order chi connectivity index (χ1) is 7.24. The summed E-state index contributed by atoms with van der Waals surface area (Å²) in [7, 11) is 0. The molecule has 0 amide bonds. The fourth-order valence-corrected chi connectivity index (χ4v) is 1.01. The second-order valence-corrected chi connectivity index (χ2v) is 3.15. The number of nitrogens with zero attached hydrogens (tertiary/aromatic N) is 1. The Balaban J connectivity index is 2.34. The van der Waals surface area contributed by atoms with Crippen LogP contribution in [0.25, 0.3) is 0 Å². The van der Waals surface area contributed by atoms with E-state index in [4.69, 9.17) is 9.47 Å². The van der Waals surface area contributed by atoms with Crippen molar-refractivity contribution in [3.05, 3.63) is 24.5 Å². The fraction of sp³-hybridized carbons (Fsp3) is 0.455. The maximum Gasteiger partial charge on any atom is 0.312 e. The lowest BCUT2D eigenvalue weighted by Gasteiger charge is -2.11. The largest absolute Gasteiger partial charge is 0.491 e. The molecule has 15 heavy (non-hydrogen) atoms. The summed E-state index contributed by atoms with van der Waals surface area (Å²) in [5.41, 5.74) is 0. The number of carbonyl (C=O) groups excluding carboxylic acids is 1. The number of carbonyl (C=O) groups is 1. The van der Waals surface area contributed by atoms with E-state index in [1.165, 1.54) is 0 Å². The minimum absolute atomic E-state index is 0.235. The number of rotatable bonds is 5. The van der Waals surface area contributed by atoms with Crippen LogP contribution in [-0.2, 0) is 9.53 Å². The van der Waals surface area contributed by atoms with Crippen LogP contribution in [0.1, 0.15) is 13.8 Å². The van der Waals surface area contributed by atoms with E-state index in [9.17, 15) is 4.79 Å². The van der Waals surface area contributed by atoms with Crippen LogP contribution in [-0.4, -0.2) is 24.2 Å². The molecule has 0 aliphatic heterocycles. The van der Waals surface area contributed by atoms with Gasteiger partial charge in [-0.25, -0.2) is 0 Å². The van der Waals surface area contributed by atoms with E-state index in [-0.39, 0.29) is 11.9 Å². The first-order valence-corrected chi connectivity index (χ1v) is 4.93. The van der Waals surface area contributed by atoms with Gasteiger partial charge in [0.2, 0.25) is 0 Å². The number of pyridine rings is 1. The van der Waals surface area contributed by atoms with Crippen molar-refractivity contribution < 1.29 is 14.3 Å². The monoisotopic (exact) mass is 209 g/mol. The summed E-state index contributed by atoms with van der Waals surface area (Å²) in [6, 6.07) is 3.58. The molecule has 1 rings (SSSR count). The first kappa shape index (κ1) is 11.5. The normalized spacial score (nSPS) is 11.9. The molecule has 0 spiro atoms. The molecule has 1 atom stereocenters. The molecule has 4 heteroatoms. The molecule has 1 aromatic rings. The molecule has 0 saturated carbocycles. The van der Waals surface area contributed by atoms with Crippen LogP contribution >= 0.6 is 0 Å². The molecule has 1 unspecified atom stereocenters. The lowest BCUT2D eigenvalue weighted by atomic mass is 10.2. The van der Waals surface area contributed by atoms with Crippen LogP contribution in [0.3, 0.4) is 0 Å². The van der Waals surface area contributed by atoms with Gasteiger partial charge in [0.05, 0.1) is 18.7 Å². The third kappa shape index (κ3) is 3.97. The standard InChI is InChI=1S/C11H15NO3/c1-3-14-11(13)9(2)8-15-10-5-4-6-12-7-10/h4-7,9H,3,8H2,1-2H3. The molecular formula is C11H15NO3. The highest BCUT2D eigenvalue weighted by Crippen LogP contribution is 2.08. The Kier molecular flexibility index (Phi) is 4.60. The molecule has 0 aromatic carbocycles. The zero-order valence-corrected chi connectivity index (χ0v) is 8.97. The van der Waals surface area contributed by atoms with Gasteiger partial charge in [0.1, 0.15) is 12.4 Å². The van der Waals surface area contributed by atoms with Gasteiger partial charge in [-0.05, 0) is 26.0 Å². The van der Waals surface area contributed by atoms with Gasteiger partial charge in [-0.2, -0.15) is 0 Å². The van der Waals surface area contributed by atoms with Crippen LogP contribution < -0.4 is 4.74 Å². The van der Waals surface area contributed by atoms with Gasteiger partial charge in [-0.1, -0.05) is 0 Å². The fourth-order valence-electron chi connectivity index (χ4n) is 1.01. The molecule has 1 heterocycles. The molecule has 0 aliphatic rings. The topological polar surface area (TPSA) is 48.4 Å². The second kappa shape index (κ2) is 6.01. The average molecular weight is 209 g/mol. The van der Waals surface area contributed by atoms with Crippen molar-refractivity contribution in [3.63, 3.8) is 0 Å². The summed E-state index contributed by atoms with van der Waals surface area (Å²) in [4.78, 5) is 15.1. The van der Waals surface area contributed by atoms with Crippen molar-refractivity contribution in [2.75, 3.05) is 13.2 Å². The molecule has 0 bridgehead atoms. The molecule has 0 saturated heterocycles. The van der Waals surface area contributed by atoms with Crippen molar-refractivity contribution >= 4 is 5.97 Å². The zero-order chi connectivity index (χ0) is 11.1. The SMILES string of the molecule is CCOC(=O)C(C)COc1cccnc1. The second-order valence-electron chi connectivity index (χ2n) is 3.15. The third-order valence-corrected chi connectivity index (χ3v) is 1.82. The Hall–Kier alpha value is -1.58. The lowest BCUT2D eigenvalue weighted by Crippen LogP contribution is -2.21. The van der Waals surface area contributed by atoms with Gasteiger partial charge in [-0.15, -0.1) is 0 Å². The molecule has 0 N–H and O–H groups in total. The maximum atomic E-state index is 11.2. The summed E-state index contributed by atoms with van der Waals surface area (Å²) in [5.74, 6) is 0.167. The summed E-state index contributed by atoms with van der Waals surface area (Å²) in [5, 5.41) is 0. The third-order valence-electron chi connectivity index (χ3n) is 1.82. The van der Waals surface area contributed by atoms with E-state index in [0.29, 0.717) is 19.0 Å². The smallest absolute Gasteiger partial charge is 0.312 e. The summed E-state index contributed by atoms with van der Waals surface area (Å²) < 4.78 is 10.2. The Bertz CT molecular complexity index is 300. The Morgan fingerprint density at radius 1 is 1.60 bits per heavy atom. The molecule has 0 fully saturated rings. The van der Waals surface area contributed by atoms with Crippen molar-refractivity contribution in [2.45, 2.75) is 13.8 Å². The van der Waals surface area contributed by atoms with Crippen LogP contribution in [0.5, 0.6) is 5.75 Å². The Morgan fingerprint density at radius 2 is 2.40 bits per heavy atom. The van der Waals surface area contributed by atoms with E-state index < -0.39 is 0 Å². The van der Waals surface area contributed by atoms with Crippen LogP contribution in [0.2, 0.25) is 0 Å². The predicted octanol–water partition coefficient (Wildman–Crippen LogP) is 1.66. The van der Waals surface area contributed by atoms with E-state index in [2.05, 4.69) is 4.98 Å². The predicted molar refractivity (Wildman–Crippen MR) is 55.5 cm³/mol. The lowest BCUT2D eigenvalue weighted by molar-refractivity contribution is -0.148. The Labute approximate surface area is 89.2 Å². The molecule has 82 valence electrons. The highest BCUT2D eigenvalue weighted by Gasteiger charge is 2.14. The van der Waals surface area contributed by atoms with E-state index in [1.807, 2.05) is 0 Å². The molecule has 0 aliphatic carbocycles. The van der Waals surface area contributed by atoms with Gasteiger partial charge < -0.3 is 9.47 Å². The van der Waals surface area contributed by atoms with Crippen LogP contribution in [0.15, 0.2) is 24.5 Å². The highest BCUT2D eigenvalue weighted by atomic mass is 16.5. The highest BCUT2D eigenvalue weighted by molar-refractivity contribution is 5.72. The summed E-state index contributed by atoms with van der Waals surface area (Å²) in [6.45, 7) is 4.27. The average Bonchev–Trinajstić information content (AvgIpc) is 2.27. The van der Waals surface area contributed by atoms with Crippen molar-refractivity contribution in [1.82, 2.24) is 4.98 Å². The van der Waals surface area contributed by atoms with Gasteiger partial charge in [-0.3, -0.25) is 9.78 Å². The summed E-state index contributed by atoms with van der Waals surface area (Å²) >= 11 is 0. The zero-order valence-electron chi connectivity index (χ0n) is 8.97. The minimum atomic E-state index is -0.259. The molecule has 4 nitrogen and oxygen atoms in total. The number of esters is 1. The van der Waals surface area contributed by atoms with Crippen molar-refractivity contribution in [3.8, 4) is 5.75 Å².